The number of unbranched alkanes of at least 4 members (excludes halogenated alkanes) is 2. The van der Waals surface area contributed by atoms with Gasteiger partial charge >= 0.3 is 5.97 Å². The van der Waals surface area contributed by atoms with Crippen molar-refractivity contribution in [3.63, 3.8) is 0 Å². The molecule has 0 saturated heterocycles. The van der Waals surface area contributed by atoms with E-state index in [0.717, 1.165) is 58.8 Å². The SMILES string of the molecule is CC1(C)C(/C=C/C2=C(Cl)C(=C/C=C3/Nc4ccc(S(=O)(=O)[O-])cc4C3(C)C)/CCC2)=[N+](CCCCCC(=O)O)c2ccc(C(=O)NCC(O)C(O)C(O)C(O)CO)cc21. The molecule has 3 aliphatic rings. The second-order valence-electron chi connectivity index (χ2n) is 16.3. The molecule has 8 N–H and O–H groups in total. The van der Waals surface area contributed by atoms with Crippen LogP contribution in [0.1, 0.15) is 94.1 Å². The number of hydrogen-bond acceptors (Lipinski definition) is 11. The number of anilines is 1. The summed E-state index contributed by atoms with van der Waals surface area (Å²) in [6, 6.07) is 9.59. The Morgan fingerprint density at radius 3 is 2.32 bits per heavy atom. The van der Waals surface area contributed by atoms with Gasteiger partial charge in [0.15, 0.2) is 5.71 Å². The zero-order valence-corrected chi connectivity index (χ0v) is 35.2. The molecule has 1 amide bonds. The van der Waals surface area contributed by atoms with Gasteiger partial charge < -0.3 is 45.8 Å². The molecule has 320 valence electrons. The average molecular weight is 856 g/mol. The molecule has 0 spiro atoms. The number of allylic oxidation sites excluding steroid dienone is 8. The Hall–Kier alpha value is -4.19. The summed E-state index contributed by atoms with van der Waals surface area (Å²) in [5.74, 6) is -1.38. The predicted octanol–water partition coefficient (Wildman–Crippen LogP) is 4.22. The number of carbonyl (C=O) groups excluding carboxylic acids is 1. The number of aliphatic hydroxyl groups excluding tert-OH is 5. The highest BCUT2D eigenvalue weighted by atomic mass is 35.5. The Morgan fingerprint density at radius 1 is 0.932 bits per heavy atom. The number of carboxylic acids is 1. The van der Waals surface area contributed by atoms with E-state index in [1.165, 1.54) is 12.1 Å². The van der Waals surface area contributed by atoms with Gasteiger partial charge in [-0.3, -0.25) is 9.59 Å². The van der Waals surface area contributed by atoms with Gasteiger partial charge in [-0.1, -0.05) is 37.6 Å². The van der Waals surface area contributed by atoms with Crippen molar-refractivity contribution >= 4 is 50.7 Å². The number of rotatable bonds is 17. The summed E-state index contributed by atoms with van der Waals surface area (Å²) in [6.07, 6.45) is 5.39. The van der Waals surface area contributed by atoms with Crippen LogP contribution in [0.3, 0.4) is 0 Å². The second-order valence-corrected chi connectivity index (χ2v) is 18.1. The van der Waals surface area contributed by atoms with Gasteiger partial charge in [0.05, 0.1) is 23.0 Å². The van der Waals surface area contributed by atoms with Crippen LogP contribution < -0.4 is 10.6 Å². The normalized spacial score (nSPS) is 20.7. The van der Waals surface area contributed by atoms with Crippen LogP contribution in [-0.4, -0.2) is 110 Å². The van der Waals surface area contributed by atoms with Crippen molar-refractivity contribution in [1.82, 2.24) is 5.32 Å². The number of benzene rings is 2. The fourth-order valence-corrected chi connectivity index (χ4v) is 8.65. The van der Waals surface area contributed by atoms with Crippen LogP contribution in [0.25, 0.3) is 0 Å². The molecule has 0 fully saturated rings. The third kappa shape index (κ3) is 10.2. The van der Waals surface area contributed by atoms with Crippen molar-refractivity contribution in [2.75, 3.05) is 25.0 Å². The standard InChI is InChI=1S/C43H54ClN3O11S/c1-42(2)29-22-28(59(56,57)58)15-16-31(29)46-35(42)18-13-25-9-8-10-26(38(25)44)14-19-36-43(3,4)30-21-27(12-17-32(30)47(36)20-7-5-6-11-37(51)52)41(55)45-23-33(49)39(53)40(54)34(50)24-48/h12-19,21-22,33-34,39-40,48-50,53-54H,5-11,20,23-24H2,1-4H3,(H3,45,51,52,55,56,57,58). The van der Waals surface area contributed by atoms with Gasteiger partial charge in [0.1, 0.15) is 35.0 Å². The van der Waals surface area contributed by atoms with Gasteiger partial charge in [-0.25, -0.2) is 8.42 Å². The van der Waals surface area contributed by atoms with Crippen LogP contribution in [0.15, 0.2) is 87.5 Å². The summed E-state index contributed by atoms with van der Waals surface area (Å²) >= 11 is 7.08. The van der Waals surface area contributed by atoms with E-state index in [2.05, 4.69) is 15.2 Å². The number of nitrogens with zero attached hydrogens (tertiary/aromatic N) is 1. The number of amides is 1. The number of fused-ring (bicyclic) bond motifs is 2. The molecule has 2 aromatic rings. The number of halogens is 1. The highest BCUT2D eigenvalue weighted by molar-refractivity contribution is 7.85. The number of aliphatic carboxylic acids is 1. The predicted molar refractivity (Wildman–Crippen MR) is 222 cm³/mol. The lowest BCUT2D eigenvalue weighted by Gasteiger charge is -2.25. The van der Waals surface area contributed by atoms with Crippen molar-refractivity contribution in [2.45, 2.75) is 113 Å². The van der Waals surface area contributed by atoms with E-state index in [0.29, 0.717) is 42.0 Å². The van der Waals surface area contributed by atoms with Crippen LogP contribution in [0.4, 0.5) is 11.4 Å². The minimum atomic E-state index is -4.61. The largest absolute Gasteiger partial charge is 0.744 e. The van der Waals surface area contributed by atoms with Gasteiger partial charge in [-0.15, -0.1) is 0 Å². The zero-order chi connectivity index (χ0) is 43.4. The van der Waals surface area contributed by atoms with Gasteiger partial charge in [0.25, 0.3) is 5.91 Å². The number of carboxylic acid groups (broad SMARTS) is 1. The molecule has 14 nitrogen and oxygen atoms in total. The third-order valence-corrected chi connectivity index (χ3v) is 12.8. The molecular formula is C43H54ClN3O11S. The molecule has 0 aromatic heterocycles. The smallest absolute Gasteiger partial charge is 0.303 e. The molecule has 4 unspecified atom stereocenters. The summed E-state index contributed by atoms with van der Waals surface area (Å²) in [4.78, 5) is 24.1. The molecule has 1 aliphatic carbocycles. The fourth-order valence-electron chi connectivity index (χ4n) is 7.84. The van der Waals surface area contributed by atoms with E-state index in [1.807, 2.05) is 58.1 Å². The lowest BCUT2D eigenvalue weighted by Crippen LogP contribution is -2.49. The van der Waals surface area contributed by atoms with Crippen molar-refractivity contribution in [1.29, 1.82) is 0 Å². The van der Waals surface area contributed by atoms with E-state index in [1.54, 1.807) is 18.2 Å². The number of hydrogen-bond donors (Lipinski definition) is 8. The first-order chi connectivity index (χ1) is 27.7. The van der Waals surface area contributed by atoms with Crippen molar-refractivity contribution in [2.24, 2.45) is 0 Å². The number of aliphatic hydroxyl groups is 5. The highest BCUT2D eigenvalue weighted by Gasteiger charge is 2.45. The van der Waals surface area contributed by atoms with Crippen LogP contribution in [0.2, 0.25) is 0 Å². The minimum Gasteiger partial charge on any atom is -0.744 e. The monoisotopic (exact) mass is 855 g/mol. The van der Waals surface area contributed by atoms with Crippen molar-refractivity contribution in [3.8, 4) is 0 Å². The quantitative estimate of drug-likeness (QED) is 0.0634. The summed E-state index contributed by atoms with van der Waals surface area (Å²) in [7, 11) is -4.61. The molecule has 0 bridgehead atoms. The Labute approximate surface area is 349 Å². The lowest BCUT2D eigenvalue weighted by atomic mass is 9.80. The van der Waals surface area contributed by atoms with E-state index in [-0.39, 0.29) is 11.3 Å². The fraction of sp³-hybridized carbons (Fsp3) is 0.465. The first-order valence-electron chi connectivity index (χ1n) is 19.7. The molecule has 0 saturated carbocycles. The van der Waals surface area contributed by atoms with E-state index >= 15 is 0 Å². The summed E-state index contributed by atoms with van der Waals surface area (Å²) in [6.45, 7) is 7.33. The topological polar surface area (TPSA) is 240 Å². The molecular weight excluding hydrogens is 802 g/mol. The van der Waals surface area contributed by atoms with Gasteiger partial charge in [-0.2, -0.15) is 4.58 Å². The maximum Gasteiger partial charge on any atom is 0.303 e. The first-order valence-corrected chi connectivity index (χ1v) is 21.5. The minimum absolute atomic E-state index is 0.0795. The van der Waals surface area contributed by atoms with Gasteiger partial charge in [0.2, 0.25) is 5.69 Å². The molecule has 2 aliphatic heterocycles. The first kappa shape index (κ1) is 45.9. The van der Waals surface area contributed by atoms with E-state index in [9.17, 15) is 43.0 Å². The van der Waals surface area contributed by atoms with E-state index < -0.39 is 70.4 Å². The Bertz CT molecular complexity index is 2230. The van der Waals surface area contributed by atoms with Crippen LogP contribution in [-0.2, 0) is 25.7 Å². The van der Waals surface area contributed by atoms with Crippen LogP contribution in [0.5, 0.6) is 0 Å². The second kappa shape index (κ2) is 18.6. The summed E-state index contributed by atoms with van der Waals surface area (Å²) < 4.78 is 37.3. The number of nitrogens with one attached hydrogen (secondary N) is 2. The molecule has 16 heteroatoms. The van der Waals surface area contributed by atoms with Gasteiger partial charge in [0, 0.05) is 64.5 Å². The molecule has 4 atom stereocenters. The maximum absolute atomic E-state index is 13.3. The summed E-state index contributed by atoms with van der Waals surface area (Å²) in [5.41, 5.74) is 5.90. The third-order valence-electron chi connectivity index (χ3n) is 11.5. The van der Waals surface area contributed by atoms with Crippen LogP contribution in [0, 0.1) is 0 Å². The van der Waals surface area contributed by atoms with Crippen molar-refractivity contribution in [3.05, 3.63) is 99.3 Å². The molecule has 2 aromatic carbocycles. The molecule has 0 radical (unpaired) electrons. The Kier molecular flexibility index (Phi) is 14.5. The Balaban J connectivity index is 1.40. The number of carbonyl (C=O) groups is 2. The zero-order valence-electron chi connectivity index (χ0n) is 33.6. The maximum atomic E-state index is 13.3. The van der Waals surface area contributed by atoms with Crippen LogP contribution >= 0.6 is 11.6 Å². The Morgan fingerprint density at radius 2 is 1.64 bits per heavy atom. The van der Waals surface area contributed by atoms with Crippen molar-refractivity contribution < 1.29 is 57.8 Å². The van der Waals surface area contributed by atoms with E-state index in [4.69, 9.17) is 21.8 Å². The highest BCUT2D eigenvalue weighted by Crippen LogP contribution is 2.45. The lowest BCUT2D eigenvalue weighted by molar-refractivity contribution is -0.438. The van der Waals surface area contributed by atoms with Gasteiger partial charge in [-0.05, 0) is 99.1 Å². The molecule has 59 heavy (non-hydrogen) atoms. The summed E-state index contributed by atoms with van der Waals surface area (Å²) in [5, 5.41) is 64.8. The molecule has 5 rings (SSSR count). The molecule has 2 heterocycles. The average Bonchev–Trinajstić information content (AvgIpc) is 3.57.